The third-order valence-corrected chi connectivity index (χ3v) is 14.7. The highest BCUT2D eigenvalue weighted by Crippen LogP contribution is 2.42. The molecule has 0 saturated heterocycles. The number of anilines is 1. The summed E-state index contributed by atoms with van der Waals surface area (Å²) in [6.07, 6.45) is -11.1. The average molecular weight is 1320 g/mol. The highest BCUT2D eigenvalue weighted by molar-refractivity contribution is 5.87. The molecule has 0 spiro atoms. The maximum absolute atomic E-state index is 12.4. The van der Waals surface area contributed by atoms with E-state index in [2.05, 4.69) is 6.07 Å². The molecule has 24 nitrogen and oxygen atoms in total. The maximum Gasteiger partial charge on any atom is 0.450 e. The summed E-state index contributed by atoms with van der Waals surface area (Å²) < 4.78 is 99.5. The number of methoxy groups -OCH3 is 5. The first kappa shape index (κ1) is 81.4. The van der Waals surface area contributed by atoms with Crippen LogP contribution in [0.1, 0.15) is 138 Å². The molecule has 0 bridgehead atoms. The van der Waals surface area contributed by atoms with Crippen molar-refractivity contribution in [3.63, 3.8) is 0 Å². The van der Waals surface area contributed by atoms with E-state index in [9.17, 15) is 81.2 Å². The van der Waals surface area contributed by atoms with Gasteiger partial charge in [0.2, 0.25) is 17.5 Å². The standard InChI is InChI=1S/C14H16F3NO4.C14H18F3NO2.C12H16N2O4.C12H14N2O3.C11H16N2O3/c1-8-5-10(18(20)21)11(22-4)6-9(8)13(2,3)7-12(19)14(15,16)17;1-8-5-10(18)11(20-4)6-9(8)13(2,3)7-12(19)14(15,16)17;1-7-5-9(14(16)17)10(18-4)6-8(7)12(2,3)11(13)15;1-8-5-10(14(15)16)11(17-4)6-9(8)12(2,3)7-13;1-7-5-9(13(14)15)10(16-4)6-8(7)11(2,3)12/h5-6H,7H2,1-4H3;5-6H,7,18H2,1-4H3;5-6H,1-4H3,(H2,13,15);5-6H,1-4H3;5-6H,12H2,1-4H3. The number of carbonyl (C=O) groups excluding carboxylic acids is 3. The van der Waals surface area contributed by atoms with E-state index >= 15 is 0 Å². The van der Waals surface area contributed by atoms with Gasteiger partial charge >= 0.3 is 35.1 Å². The number of benzene rings is 5. The molecule has 0 aliphatic rings. The number of nitrogens with two attached hydrogens (primary N) is 3. The van der Waals surface area contributed by atoms with Crippen LogP contribution in [-0.4, -0.2) is 85.1 Å². The van der Waals surface area contributed by atoms with Crippen LogP contribution in [0.15, 0.2) is 60.7 Å². The number of ketones is 2. The van der Waals surface area contributed by atoms with Crippen LogP contribution in [0.3, 0.4) is 0 Å². The summed E-state index contributed by atoms with van der Waals surface area (Å²) in [5.74, 6) is -3.21. The number of hydrogen-bond acceptors (Lipinski definition) is 19. The molecule has 0 saturated carbocycles. The fraction of sp³-hybridized carbons (Fsp3) is 0.460. The summed E-state index contributed by atoms with van der Waals surface area (Å²) in [6, 6.07) is 17.0. The fourth-order valence-corrected chi connectivity index (χ4v) is 9.69. The number of ether oxygens (including phenoxy) is 5. The third-order valence-electron chi connectivity index (χ3n) is 14.7. The second-order valence-electron chi connectivity index (χ2n) is 24.2. The van der Waals surface area contributed by atoms with Crippen LogP contribution in [0.5, 0.6) is 28.7 Å². The Labute approximate surface area is 534 Å². The van der Waals surface area contributed by atoms with Crippen LogP contribution >= 0.6 is 0 Å². The molecule has 0 atom stereocenters. The Bertz CT molecular complexity index is 3660. The molecule has 0 aliphatic heterocycles. The smallest absolute Gasteiger partial charge is 0.450 e. The molecule has 0 radical (unpaired) electrons. The molecule has 0 aliphatic carbocycles. The summed E-state index contributed by atoms with van der Waals surface area (Å²) in [5, 5.41) is 52.5. The van der Waals surface area contributed by atoms with Crippen LogP contribution < -0.4 is 40.9 Å². The van der Waals surface area contributed by atoms with Crippen LogP contribution in [0.2, 0.25) is 0 Å². The topological polar surface area (TPSA) is 372 Å². The predicted molar refractivity (Wildman–Crippen MR) is 335 cm³/mol. The minimum atomic E-state index is -4.91. The average Bonchev–Trinajstić information content (AvgIpc) is 0.828. The highest BCUT2D eigenvalue weighted by Gasteiger charge is 2.44. The van der Waals surface area contributed by atoms with Gasteiger partial charge in [-0.05, 0) is 179 Å². The van der Waals surface area contributed by atoms with Gasteiger partial charge in [0.25, 0.3) is 0 Å². The Balaban J connectivity index is 0.000000584. The van der Waals surface area contributed by atoms with Gasteiger partial charge in [-0.25, -0.2) is 0 Å². The quantitative estimate of drug-likeness (QED) is 0.0299. The van der Waals surface area contributed by atoms with Gasteiger partial charge in [0, 0.05) is 42.6 Å². The second kappa shape index (κ2) is 31.6. The van der Waals surface area contributed by atoms with Crippen molar-refractivity contribution in [3.8, 4) is 34.8 Å². The molecule has 510 valence electrons. The molecule has 0 aromatic heterocycles. The van der Waals surface area contributed by atoms with Gasteiger partial charge in [-0.1, -0.05) is 27.7 Å². The Kier molecular flexibility index (Phi) is 27.6. The van der Waals surface area contributed by atoms with Gasteiger partial charge in [-0.2, -0.15) is 31.6 Å². The Morgan fingerprint density at radius 3 is 0.968 bits per heavy atom. The lowest BCUT2D eigenvalue weighted by Crippen LogP contribution is -2.36. The number of Topliss-reactive ketones (excluding diaryl/α,β-unsaturated/α-hetero) is 2. The van der Waals surface area contributed by atoms with Crippen LogP contribution in [0, 0.1) is 86.4 Å². The third kappa shape index (κ3) is 21.5. The van der Waals surface area contributed by atoms with Crippen molar-refractivity contribution in [3.05, 3.63) is 157 Å². The lowest BCUT2D eigenvalue weighted by Gasteiger charge is -2.27. The first-order valence-electron chi connectivity index (χ1n) is 27.7. The predicted octanol–water partition coefficient (Wildman–Crippen LogP) is 13.6. The van der Waals surface area contributed by atoms with E-state index in [1.807, 2.05) is 13.8 Å². The van der Waals surface area contributed by atoms with E-state index in [4.69, 9.17) is 46.1 Å². The molecule has 93 heavy (non-hydrogen) atoms. The summed E-state index contributed by atoms with van der Waals surface area (Å²) in [4.78, 5) is 75.2. The molecule has 0 fully saturated rings. The fourth-order valence-electron chi connectivity index (χ4n) is 9.69. The van der Waals surface area contributed by atoms with Gasteiger partial charge in [0.05, 0.1) is 77.8 Å². The first-order valence-corrected chi connectivity index (χ1v) is 27.7. The van der Waals surface area contributed by atoms with E-state index in [0.717, 1.165) is 22.3 Å². The molecule has 5 aromatic carbocycles. The summed E-state index contributed by atoms with van der Waals surface area (Å²) >= 11 is 0. The minimum Gasteiger partial charge on any atom is -0.495 e. The van der Waals surface area contributed by atoms with Crippen LogP contribution in [-0.2, 0) is 41.6 Å². The van der Waals surface area contributed by atoms with Crippen LogP contribution in [0.4, 0.5) is 54.8 Å². The number of rotatable bonds is 19. The number of nitro benzene ring substituents is 4. The second-order valence-corrected chi connectivity index (χ2v) is 24.2. The number of carbonyl (C=O) groups is 3. The van der Waals surface area contributed by atoms with Gasteiger partial charge in [-0.3, -0.25) is 54.8 Å². The van der Waals surface area contributed by atoms with E-state index in [-0.39, 0.29) is 45.7 Å². The van der Waals surface area contributed by atoms with Gasteiger partial charge < -0.3 is 40.9 Å². The summed E-state index contributed by atoms with van der Waals surface area (Å²) in [6.45, 7) is 25.2. The number of halogens is 6. The molecule has 0 unspecified atom stereocenters. The van der Waals surface area contributed by atoms with Crippen LogP contribution in [0.25, 0.3) is 0 Å². The van der Waals surface area contributed by atoms with Gasteiger partial charge in [0.1, 0.15) is 5.75 Å². The van der Waals surface area contributed by atoms with Crippen molar-refractivity contribution in [1.29, 1.82) is 5.26 Å². The van der Waals surface area contributed by atoms with Gasteiger partial charge in [0.15, 0.2) is 23.0 Å². The lowest BCUT2D eigenvalue weighted by molar-refractivity contribution is -0.386. The van der Waals surface area contributed by atoms with E-state index < -0.39 is 89.6 Å². The number of primary amides is 1. The van der Waals surface area contributed by atoms with Gasteiger partial charge in [-0.15, -0.1) is 0 Å². The molecular formula is C63H80F6N8O16. The zero-order chi connectivity index (χ0) is 72.8. The SMILES string of the molecule is COc1cc(C(C)(C)C#N)c(C)cc1[N+](=O)[O-].COc1cc(C(C)(C)C(N)=O)c(C)cc1[N+](=O)[O-].COc1cc(C(C)(C)CC(=O)C(F)(F)F)c(C)cc1N.COc1cc(C(C)(C)CC(=O)C(F)(F)F)c(C)cc1[N+](=O)[O-].COc1cc(C(C)(C)N)c(C)cc1[N+](=O)[O-]. The zero-order valence-electron chi connectivity index (χ0n) is 55.5. The molecule has 1 amide bonds. The molecule has 5 aromatic rings. The van der Waals surface area contributed by atoms with Crippen molar-refractivity contribution < 1.29 is 84.1 Å². The minimum absolute atomic E-state index is 0.0343. The summed E-state index contributed by atoms with van der Waals surface area (Å²) in [5.41, 5.74) is 19.2. The Morgan fingerprint density at radius 2 is 0.699 bits per heavy atom. The molecule has 0 heterocycles. The van der Waals surface area contributed by atoms with E-state index in [0.29, 0.717) is 44.8 Å². The first-order chi connectivity index (χ1) is 42.2. The van der Waals surface area contributed by atoms with Crippen molar-refractivity contribution in [2.45, 2.75) is 156 Å². The maximum atomic E-state index is 12.4. The Morgan fingerprint density at radius 1 is 0.452 bits per heavy atom. The number of nitrogens with zero attached hydrogens (tertiary/aromatic N) is 5. The highest BCUT2D eigenvalue weighted by atomic mass is 19.4. The monoisotopic (exact) mass is 1320 g/mol. The number of nitro groups is 4. The number of amides is 1. The molecule has 5 rings (SSSR count). The number of aryl methyl sites for hydroxylation is 5. The van der Waals surface area contributed by atoms with Crippen molar-refractivity contribution in [1.82, 2.24) is 0 Å². The normalized spacial score (nSPS) is 11.6. The number of alkyl halides is 6. The number of nitrogen functional groups attached to an aromatic ring is 1. The Hall–Kier alpha value is -9.66. The molecule has 30 heteroatoms. The van der Waals surface area contributed by atoms with Crippen molar-refractivity contribution in [2.75, 3.05) is 41.3 Å². The van der Waals surface area contributed by atoms with Crippen molar-refractivity contribution in [2.24, 2.45) is 11.5 Å². The van der Waals surface area contributed by atoms with E-state index in [1.165, 1.54) is 85.8 Å². The zero-order valence-corrected chi connectivity index (χ0v) is 55.5. The molecule has 6 N–H and O–H groups in total. The number of hydrogen-bond donors (Lipinski definition) is 3. The molecular weight excluding hydrogens is 1240 g/mol. The van der Waals surface area contributed by atoms with E-state index in [1.54, 1.807) is 100 Å². The largest absolute Gasteiger partial charge is 0.495 e. The summed E-state index contributed by atoms with van der Waals surface area (Å²) in [7, 11) is 6.79. The van der Waals surface area contributed by atoms with Crippen molar-refractivity contribution >= 4 is 45.9 Å². The lowest BCUT2D eigenvalue weighted by atomic mass is 9.77. The number of nitriles is 1.